The van der Waals surface area contributed by atoms with Gasteiger partial charge in [0, 0.05) is 6.07 Å². The van der Waals surface area contributed by atoms with Gasteiger partial charge in [-0.15, -0.1) is 0 Å². The van der Waals surface area contributed by atoms with E-state index in [1.54, 1.807) is 25.3 Å². The lowest BCUT2D eigenvalue weighted by molar-refractivity contribution is -0.148. The number of methoxy groups -OCH3 is 1. The number of carbonyl (C=O) groups excluding carboxylic acids is 1. The van der Waals surface area contributed by atoms with Crippen molar-refractivity contribution in [3.63, 3.8) is 0 Å². The van der Waals surface area contributed by atoms with Crippen LogP contribution in [0.5, 0.6) is 5.75 Å². The van der Waals surface area contributed by atoms with Crippen LogP contribution in [0.4, 0.5) is 0 Å². The van der Waals surface area contributed by atoms with E-state index in [1.807, 2.05) is 0 Å². The molecular weight excluding hydrogens is 320 g/mol. The number of benzene rings is 1. The van der Waals surface area contributed by atoms with Crippen molar-refractivity contribution < 1.29 is 18.7 Å². The van der Waals surface area contributed by atoms with Gasteiger partial charge in [-0.2, -0.15) is 0 Å². The predicted octanol–water partition coefficient (Wildman–Crippen LogP) is 3.28. The molecule has 0 spiro atoms. The van der Waals surface area contributed by atoms with E-state index in [9.17, 15) is 9.59 Å². The van der Waals surface area contributed by atoms with Crippen molar-refractivity contribution in [3.05, 3.63) is 40.2 Å². The first kappa shape index (κ1) is 17.1. The summed E-state index contributed by atoms with van der Waals surface area (Å²) in [5.74, 6) is 5.87. The summed E-state index contributed by atoms with van der Waals surface area (Å²) < 4.78 is 15.8. The lowest BCUT2D eigenvalue weighted by Crippen LogP contribution is -2.20. The minimum absolute atomic E-state index is 0.00345. The van der Waals surface area contributed by atoms with E-state index in [2.05, 4.69) is 11.8 Å². The summed E-state index contributed by atoms with van der Waals surface area (Å²) in [6.07, 6.45) is 6.45. The minimum Gasteiger partial charge on any atom is -0.497 e. The molecule has 0 N–H and O–H groups in total. The Labute approximate surface area is 145 Å². The molecule has 1 heterocycles. The molecule has 0 bridgehead atoms. The third kappa shape index (κ3) is 4.03. The highest BCUT2D eigenvalue weighted by Gasteiger charge is 2.21. The zero-order chi connectivity index (χ0) is 17.6. The molecule has 130 valence electrons. The fourth-order valence-electron chi connectivity index (χ4n) is 3.02. The molecule has 1 saturated carbocycles. The van der Waals surface area contributed by atoms with Gasteiger partial charge < -0.3 is 13.9 Å². The molecule has 0 unspecified atom stereocenters. The summed E-state index contributed by atoms with van der Waals surface area (Å²) in [4.78, 5) is 24.3. The van der Waals surface area contributed by atoms with Gasteiger partial charge in [0.2, 0.25) is 5.43 Å². The zero-order valence-electron chi connectivity index (χ0n) is 14.2. The topological polar surface area (TPSA) is 65.7 Å². The van der Waals surface area contributed by atoms with E-state index in [4.69, 9.17) is 13.9 Å². The Hall–Kier alpha value is -2.74. The molecule has 5 nitrogen and oxygen atoms in total. The summed E-state index contributed by atoms with van der Waals surface area (Å²) in [5, 5.41) is 0.437. The molecule has 3 rings (SSSR count). The first-order valence-corrected chi connectivity index (χ1v) is 8.44. The number of fused-ring (bicyclic) bond motifs is 1. The maximum absolute atomic E-state index is 12.4. The molecule has 1 aliphatic rings. The third-order valence-corrected chi connectivity index (χ3v) is 4.43. The number of hydrogen-bond acceptors (Lipinski definition) is 5. The Balaban J connectivity index is 1.67. The van der Waals surface area contributed by atoms with Crippen LogP contribution in [0.3, 0.4) is 0 Å². The maximum Gasteiger partial charge on any atom is 0.309 e. The second-order valence-corrected chi connectivity index (χ2v) is 6.09. The summed E-state index contributed by atoms with van der Waals surface area (Å²) in [7, 11) is 1.55. The van der Waals surface area contributed by atoms with Crippen LogP contribution < -0.4 is 10.2 Å². The molecule has 0 amide bonds. The van der Waals surface area contributed by atoms with Crippen molar-refractivity contribution in [1.82, 2.24) is 0 Å². The molecule has 0 aliphatic heterocycles. The molecule has 0 radical (unpaired) electrons. The first-order valence-electron chi connectivity index (χ1n) is 8.44. The standard InChI is InChI=1S/C20H20O5/c1-23-16-9-10-17-18(12-16)25-13-15(19(17)21)8-5-11-24-20(22)14-6-3-2-4-7-14/h9-10,12-14H,2-4,6-7,11H2,1H3. The molecule has 0 saturated heterocycles. The van der Waals surface area contributed by atoms with Crippen molar-refractivity contribution in [3.8, 4) is 17.6 Å². The van der Waals surface area contributed by atoms with Gasteiger partial charge >= 0.3 is 5.97 Å². The van der Waals surface area contributed by atoms with Gasteiger partial charge in [0.25, 0.3) is 0 Å². The van der Waals surface area contributed by atoms with Crippen LogP contribution in [0.15, 0.2) is 33.7 Å². The fraction of sp³-hybridized carbons (Fsp3) is 0.400. The SMILES string of the molecule is COc1ccc2c(=O)c(C#CCOC(=O)C3CCCCC3)coc2c1. The molecule has 2 aromatic rings. The van der Waals surface area contributed by atoms with E-state index >= 15 is 0 Å². The van der Waals surface area contributed by atoms with E-state index in [0.29, 0.717) is 16.7 Å². The van der Waals surface area contributed by atoms with E-state index in [-0.39, 0.29) is 29.5 Å². The highest BCUT2D eigenvalue weighted by atomic mass is 16.5. The van der Waals surface area contributed by atoms with Crippen molar-refractivity contribution >= 4 is 16.9 Å². The lowest BCUT2D eigenvalue weighted by atomic mass is 9.89. The molecule has 1 aromatic carbocycles. The van der Waals surface area contributed by atoms with Crippen LogP contribution >= 0.6 is 0 Å². The largest absolute Gasteiger partial charge is 0.497 e. The van der Waals surface area contributed by atoms with Crippen LogP contribution in [0.2, 0.25) is 0 Å². The number of hydrogen-bond donors (Lipinski definition) is 0. The number of carbonyl (C=O) groups is 1. The number of rotatable bonds is 3. The van der Waals surface area contributed by atoms with Crippen LogP contribution in [0.25, 0.3) is 11.0 Å². The average Bonchev–Trinajstić information content (AvgIpc) is 2.67. The van der Waals surface area contributed by atoms with Crippen molar-refractivity contribution in [2.24, 2.45) is 5.92 Å². The first-order chi connectivity index (χ1) is 12.2. The average molecular weight is 340 g/mol. The number of esters is 1. The number of ether oxygens (including phenoxy) is 2. The quantitative estimate of drug-likeness (QED) is 0.634. The Morgan fingerprint density at radius 3 is 2.84 bits per heavy atom. The highest BCUT2D eigenvalue weighted by molar-refractivity contribution is 5.79. The molecule has 1 aliphatic carbocycles. The van der Waals surface area contributed by atoms with E-state index in [0.717, 1.165) is 25.7 Å². The minimum atomic E-state index is -0.213. The molecule has 5 heteroatoms. The summed E-state index contributed by atoms with van der Waals surface area (Å²) in [6, 6.07) is 5.00. The molecule has 25 heavy (non-hydrogen) atoms. The molecule has 1 fully saturated rings. The summed E-state index contributed by atoms with van der Waals surface area (Å²) >= 11 is 0. The molecule has 1 aromatic heterocycles. The van der Waals surface area contributed by atoms with Crippen molar-refractivity contribution in [2.75, 3.05) is 13.7 Å². The predicted molar refractivity (Wildman–Crippen MR) is 93.4 cm³/mol. The van der Waals surface area contributed by atoms with Gasteiger partial charge in [-0.05, 0) is 25.0 Å². The Kier molecular flexibility index (Phi) is 5.39. The summed E-state index contributed by atoms with van der Waals surface area (Å²) in [5.41, 5.74) is 0.472. The smallest absolute Gasteiger partial charge is 0.309 e. The van der Waals surface area contributed by atoms with Crippen molar-refractivity contribution in [1.29, 1.82) is 0 Å². The van der Waals surface area contributed by atoms with Gasteiger partial charge in [0.15, 0.2) is 6.61 Å². The van der Waals surface area contributed by atoms with Gasteiger partial charge in [-0.1, -0.05) is 31.1 Å². The van der Waals surface area contributed by atoms with Gasteiger partial charge in [0.05, 0.1) is 18.4 Å². The highest BCUT2D eigenvalue weighted by Crippen LogP contribution is 2.24. The van der Waals surface area contributed by atoms with Crippen molar-refractivity contribution in [2.45, 2.75) is 32.1 Å². The fourth-order valence-corrected chi connectivity index (χ4v) is 3.02. The second kappa shape index (κ2) is 7.89. The van der Waals surface area contributed by atoms with Crippen LogP contribution in [-0.4, -0.2) is 19.7 Å². The maximum atomic E-state index is 12.4. The summed E-state index contributed by atoms with van der Waals surface area (Å²) in [6.45, 7) is -0.0184. The third-order valence-electron chi connectivity index (χ3n) is 4.43. The van der Waals surface area contributed by atoms with Crippen LogP contribution in [0.1, 0.15) is 37.7 Å². The van der Waals surface area contributed by atoms with Gasteiger partial charge in [-0.25, -0.2) is 0 Å². The Morgan fingerprint density at radius 1 is 1.28 bits per heavy atom. The molecular formula is C20H20O5. The van der Waals surface area contributed by atoms with E-state index in [1.165, 1.54) is 12.7 Å². The Bertz CT molecular complexity index is 878. The zero-order valence-corrected chi connectivity index (χ0v) is 14.2. The molecule has 0 atom stereocenters. The van der Waals surface area contributed by atoms with E-state index < -0.39 is 0 Å². The normalized spacial score (nSPS) is 14.6. The van der Waals surface area contributed by atoms with Crippen LogP contribution in [-0.2, 0) is 9.53 Å². The lowest BCUT2D eigenvalue weighted by Gasteiger charge is -2.19. The monoisotopic (exact) mass is 340 g/mol. The van der Waals surface area contributed by atoms with Gasteiger partial charge in [0.1, 0.15) is 23.2 Å². The van der Waals surface area contributed by atoms with Gasteiger partial charge in [-0.3, -0.25) is 9.59 Å². The van der Waals surface area contributed by atoms with Crippen LogP contribution in [0, 0.1) is 17.8 Å². The second-order valence-electron chi connectivity index (χ2n) is 6.09. The Morgan fingerprint density at radius 2 is 2.08 bits per heavy atom.